The number of amides is 1. The number of para-hydroxylation sites is 1. The summed E-state index contributed by atoms with van der Waals surface area (Å²) in [5.74, 6) is -2.47. The molecule has 3 aromatic carbocycles. The van der Waals surface area contributed by atoms with Crippen molar-refractivity contribution in [2.75, 3.05) is 6.54 Å². The zero-order valence-corrected chi connectivity index (χ0v) is 29.0. The molecule has 13 heteroatoms. The number of benzene rings is 3. The number of phenolic OH excluding ortho intramolecular Hbond substituents is 2. The van der Waals surface area contributed by atoms with Gasteiger partial charge in [-0.2, -0.15) is 0 Å². The first-order valence-corrected chi connectivity index (χ1v) is 17.1. The van der Waals surface area contributed by atoms with Gasteiger partial charge in [0.15, 0.2) is 5.82 Å². The molecule has 5 N–H and O–H groups in total. The number of aromatic hydroxyl groups is 3. The van der Waals surface area contributed by atoms with Crippen LogP contribution in [-0.2, 0) is 11.8 Å². The van der Waals surface area contributed by atoms with E-state index < -0.39 is 17.9 Å². The van der Waals surface area contributed by atoms with Crippen molar-refractivity contribution in [3.05, 3.63) is 108 Å². The van der Waals surface area contributed by atoms with Gasteiger partial charge in [0.05, 0.1) is 33.7 Å². The molecule has 0 saturated carbocycles. The Hall–Kier alpha value is -6.89. The molecule has 13 nitrogen and oxygen atoms in total. The van der Waals surface area contributed by atoms with Crippen molar-refractivity contribution in [1.29, 1.82) is 0 Å². The lowest BCUT2D eigenvalue weighted by atomic mass is 9.93. The summed E-state index contributed by atoms with van der Waals surface area (Å²) in [6.45, 7) is 3.91. The summed E-state index contributed by atoms with van der Waals surface area (Å²) in [7, 11) is 1.76. The summed E-state index contributed by atoms with van der Waals surface area (Å²) >= 11 is 0. The zero-order valence-electron chi connectivity index (χ0n) is 29.0. The van der Waals surface area contributed by atoms with Crippen LogP contribution in [0, 0.1) is 0 Å². The molecule has 0 saturated heterocycles. The van der Waals surface area contributed by atoms with Crippen molar-refractivity contribution < 1.29 is 30.0 Å². The molecule has 0 bridgehead atoms. The Morgan fingerprint density at radius 1 is 0.811 bits per heavy atom. The molecule has 0 aliphatic heterocycles. The maximum absolute atomic E-state index is 13.5. The highest BCUT2D eigenvalue weighted by molar-refractivity contribution is 6.02. The standard InChI is InChI=1S/C40H35N7O6/c1-21(2)28-18-29(34(49)19-33(28)48)37-43-44-40(53)47(37)25-10-11-30-23(16-25)17-32(45(30)3)38(50)41-13-12-27(39(51)52)26-8-6-7-22-15-24-20-46-14-5-4-9-31(46)36(24)42-35(22)26/h4-11,14-21,27,48-49H,12-13H2,1-3H3,(H,41,50)(H,44,53)(H,51,52). The molecule has 266 valence electrons. The van der Waals surface area contributed by atoms with E-state index in [2.05, 4.69) is 15.5 Å². The van der Waals surface area contributed by atoms with Gasteiger partial charge in [-0.1, -0.05) is 43.2 Å². The molecule has 1 atom stereocenters. The minimum atomic E-state index is -1.01. The Morgan fingerprint density at radius 3 is 2.43 bits per heavy atom. The normalized spacial score (nSPS) is 12.4. The molecule has 0 radical (unpaired) electrons. The maximum Gasteiger partial charge on any atom is 0.319 e. The van der Waals surface area contributed by atoms with E-state index in [0.29, 0.717) is 33.4 Å². The van der Waals surface area contributed by atoms with Crippen LogP contribution in [0.25, 0.3) is 55.3 Å². The van der Waals surface area contributed by atoms with Crippen LogP contribution in [0.2, 0.25) is 0 Å². The first-order valence-electron chi connectivity index (χ1n) is 17.1. The first kappa shape index (κ1) is 33.3. The second kappa shape index (κ2) is 12.7. The van der Waals surface area contributed by atoms with Gasteiger partial charge in [-0.15, -0.1) is 5.10 Å². The van der Waals surface area contributed by atoms with Crippen LogP contribution in [0.15, 0.2) is 91.3 Å². The van der Waals surface area contributed by atoms with Crippen molar-refractivity contribution >= 4 is 50.1 Å². The molecule has 0 spiro atoms. The predicted molar refractivity (Wildman–Crippen MR) is 200 cm³/mol. The molecule has 0 aliphatic rings. The highest BCUT2D eigenvalue weighted by Crippen LogP contribution is 2.39. The van der Waals surface area contributed by atoms with Crippen LogP contribution in [-0.4, -0.2) is 67.6 Å². The van der Waals surface area contributed by atoms with Crippen molar-refractivity contribution in [2.24, 2.45) is 7.05 Å². The number of nitrogens with one attached hydrogen (secondary N) is 1. The molecule has 53 heavy (non-hydrogen) atoms. The van der Waals surface area contributed by atoms with E-state index >= 15 is 0 Å². The van der Waals surface area contributed by atoms with Crippen LogP contribution in [0.3, 0.4) is 0 Å². The molecular formula is C40H35N7O6. The Labute approximate surface area is 302 Å². The number of carboxylic acid groups (broad SMARTS) is 1. The number of carbonyl (C=O) groups excluding carboxylic acids is 1. The average molecular weight is 710 g/mol. The Balaban J connectivity index is 1.05. The van der Waals surface area contributed by atoms with E-state index in [1.54, 1.807) is 48.0 Å². The number of rotatable bonds is 9. The van der Waals surface area contributed by atoms with E-state index in [-0.39, 0.29) is 47.7 Å². The lowest BCUT2D eigenvalue weighted by Crippen LogP contribution is -2.28. The van der Waals surface area contributed by atoms with Crippen molar-refractivity contribution in [1.82, 2.24) is 34.0 Å². The Morgan fingerprint density at radius 2 is 1.64 bits per heavy atom. The molecular weight excluding hydrogens is 674 g/mol. The fourth-order valence-electron chi connectivity index (χ4n) is 7.19. The smallest absolute Gasteiger partial charge is 0.319 e. The molecule has 1 amide bonds. The molecule has 5 heterocycles. The number of carboxylic acids is 1. The van der Waals surface area contributed by atoms with E-state index in [4.69, 9.17) is 4.98 Å². The van der Waals surface area contributed by atoms with Gasteiger partial charge in [0.25, 0.3) is 5.91 Å². The van der Waals surface area contributed by atoms with Gasteiger partial charge in [-0.3, -0.25) is 9.59 Å². The Bertz CT molecular complexity index is 2760. The van der Waals surface area contributed by atoms with Crippen molar-refractivity contribution in [3.63, 3.8) is 0 Å². The molecule has 8 aromatic rings. The van der Waals surface area contributed by atoms with Gasteiger partial charge in [0, 0.05) is 53.7 Å². The van der Waals surface area contributed by atoms with E-state index in [1.807, 2.05) is 67.0 Å². The molecule has 8 rings (SSSR count). The topological polar surface area (TPSA) is 180 Å². The average Bonchev–Trinajstić information content (AvgIpc) is 3.80. The number of hydrogen-bond acceptors (Lipinski definition) is 8. The van der Waals surface area contributed by atoms with Crippen LogP contribution in [0.1, 0.15) is 53.7 Å². The summed E-state index contributed by atoms with van der Waals surface area (Å²) in [6.07, 6.45) is 4.10. The third-order valence-corrected chi connectivity index (χ3v) is 9.88. The highest BCUT2D eigenvalue weighted by Gasteiger charge is 2.25. The largest absolute Gasteiger partial charge is 0.508 e. The summed E-state index contributed by atoms with van der Waals surface area (Å²) < 4.78 is 5.11. The molecule has 0 aliphatic carbocycles. The van der Waals surface area contributed by atoms with Crippen molar-refractivity contribution in [2.45, 2.75) is 32.1 Å². The summed E-state index contributed by atoms with van der Waals surface area (Å²) in [5.41, 5.74) is 5.34. The van der Waals surface area contributed by atoms with Gasteiger partial charge in [0.1, 0.15) is 17.2 Å². The third-order valence-electron chi connectivity index (χ3n) is 9.88. The number of carbonyl (C=O) groups is 2. The van der Waals surface area contributed by atoms with Crippen LogP contribution in [0.5, 0.6) is 17.5 Å². The van der Waals surface area contributed by atoms with E-state index in [1.165, 1.54) is 10.6 Å². The predicted octanol–water partition coefficient (Wildman–Crippen LogP) is 6.61. The number of fused-ring (bicyclic) bond motifs is 5. The van der Waals surface area contributed by atoms with Gasteiger partial charge in [-0.25, -0.2) is 9.55 Å². The summed E-state index contributed by atoms with van der Waals surface area (Å²) in [4.78, 5) is 31.1. The fourth-order valence-corrected chi connectivity index (χ4v) is 7.19. The number of aliphatic carboxylic acids is 1. The highest BCUT2D eigenvalue weighted by atomic mass is 16.4. The monoisotopic (exact) mass is 709 g/mol. The fraction of sp³-hybridized carbons (Fsp3) is 0.175. The maximum atomic E-state index is 13.5. The second-order valence-corrected chi connectivity index (χ2v) is 13.5. The first-order chi connectivity index (χ1) is 25.5. The van der Waals surface area contributed by atoms with Crippen LogP contribution >= 0.6 is 0 Å². The van der Waals surface area contributed by atoms with Crippen LogP contribution in [0.4, 0.5) is 0 Å². The second-order valence-electron chi connectivity index (χ2n) is 13.5. The van der Waals surface area contributed by atoms with Gasteiger partial charge >= 0.3 is 12.0 Å². The number of aryl methyl sites for hydroxylation is 1. The van der Waals surface area contributed by atoms with Crippen LogP contribution < -0.4 is 5.32 Å². The number of phenols is 2. The van der Waals surface area contributed by atoms with Gasteiger partial charge in [0.2, 0.25) is 0 Å². The lowest BCUT2D eigenvalue weighted by molar-refractivity contribution is -0.138. The lowest BCUT2D eigenvalue weighted by Gasteiger charge is -2.15. The summed E-state index contributed by atoms with van der Waals surface area (Å²) in [6, 6.07) is 22.9. The van der Waals surface area contributed by atoms with Crippen molar-refractivity contribution in [3.8, 4) is 34.6 Å². The molecule has 0 fully saturated rings. The third kappa shape index (κ3) is 5.62. The summed E-state index contributed by atoms with van der Waals surface area (Å²) in [5, 5.41) is 55.4. The van der Waals surface area contributed by atoms with E-state index in [0.717, 1.165) is 27.3 Å². The number of nitrogens with zero attached hydrogens (tertiary/aromatic N) is 6. The number of pyridine rings is 2. The minimum Gasteiger partial charge on any atom is -0.508 e. The Kier molecular flexibility index (Phi) is 7.98. The number of hydrogen-bond donors (Lipinski definition) is 5. The van der Waals surface area contributed by atoms with E-state index in [9.17, 15) is 30.0 Å². The van der Waals surface area contributed by atoms with Gasteiger partial charge in [-0.05, 0) is 72.0 Å². The minimum absolute atomic E-state index is 0.0488. The molecule has 5 aromatic heterocycles. The zero-order chi connectivity index (χ0) is 37.1. The van der Waals surface area contributed by atoms with Gasteiger partial charge < -0.3 is 34.7 Å². The number of aromatic nitrogens is 6. The SMILES string of the molecule is CC(C)c1cc(-c2nnc(O)n2-c2ccc3c(c2)cc(C(=O)NCCC(C(=O)O)c2cccc4cc5cn6ccccc6c5nc24)n3C)c(O)cc1O. The quantitative estimate of drug-likeness (QED) is 0.110. The molecule has 1 unspecified atom stereocenters.